The summed E-state index contributed by atoms with van der Waals surface area (Å²) in [6.07, 6.45) is 2.19. The highest BCUT2D eigenvalue weighted by Gasteiger charge is 2.42. The Morgan fingerprint density at radius 2 is 1.95 bits per heavy atom. The summed E-state index contributed by atoms with van der Waals surface area (Å²) in [5.41, 5.74) is 5.39. The first-order valence-corrected chi connectivity index (χ1v) is 12.9. The number of carbonyl (C=O) groups excluding carboxylic acids is 1. The van der Waals surface area contributed by atoms with Crippen LogP contribution in [-0.4, -0.2) is 16.0 Å². The van der Waals surface area contributed by atoms with E-state index in [4.69, 9.17) is 28.2 Å². The molecule has 2 atom stereocenters. The largest absolute Gasteiger partial charge is 0.459 e. The van der Waals surface area contributed by atoms with Crippen molar-refractivity contribution in [1.29, 1.82) is 0 Å². The molecule has 0 aliphatic carbocycles. The first-order chi connectivity index (χ1) is 17.9. The minimum Gasteiger partial charge on any atom is -0.459 e. The van der Waals surface area contributed by atoms with Crippen LogP contribution in [0, 0.1) is 13.8 Å². The third-order valence-electron chi connectivity index (χ3n) is 6.56. The molecule has 1 aliphatic rings. The van der Waals surface area contributed by atoms with Crippen molar-refractivity contribution < 1.29 is 9.21 Å². The van der Waals surface area contributed by atoms with Crippen LogP contribution in [0.5, 0.6) is 0 Å². The number of nitrogens with one attached hydrogen (secondary N) is 2. The maximum Gasteiger partial charge on any atom is 0.224 e. The van der Waals surface area contributed by atoms with Gasteiger partial charge in [0.15, 0.2) is 5.11 Å². The third-order valence-corrected chi connectivity index (χ3v) is 7.28. The van der Waals surface area contributed by atoms with E-state index in [0.717, 1.165) is 45.3 Å². The number of aryl methyl sites for hydroxylation is 2. The number of aromatic nitrogens is 1. The molecule has 2 aromatic carbocycles. The molecule has 0 bridgehead atoms. The summed E-state index contributed by atoms with van der Waals surface area (Å²) in [5.74, 6) is 1.44. The van der Waals surface area contributed by atoms with E-state index in [9.17, 15) is 4.79 Å². The van der Waals surface area contributed by atoms with Crippen LogP contribution in [0.3, 0.4) is 0 Å². The quantitative estimate of drug-likeness (QED) is 0.258. The van der Waals surface area contributed by atoms with Gasteiger partial charge in [0.2, 0.25) is 5.91 Å². The first-order valence-electron chi connectivity index (χ1n) is 12.1. The molecule has 2 unspecified atom stereocenters. The lowest BCUT2D eigenvalue weighted by molar-refractivity contribution is -0.115. The SMILES string of the molecule is CCC(=O)Nc1ccc(N2C(=S)NC(c3ccccn3)C2c2ccc(-c3ccc(C)c(Cl)c3)o2)cc1C. The average Bonchev–Trinajstić information content (AvgIpc) is 3.52. The normalized spacial score (nSPS) is 17.1. The number of pyridine rings is 1. The number of nitrogens with zero attached hydrogens (tertiary/aromatic N) is 2. The van der Waals surface area contributed by atoms with E-state index in [1.807, 2.05) is 87.5 Å². The van der Waals surface area contributed by atoms with Crippen LogP contribution in [0.25, 0.3) is 11.3 Å². The predicted molar refractivity (Wildman–Crippen MR) is 152 cm³/mol. The smallest absolute Gasteiger partial charge is 0.224 e. The fourth-order valence-corrected chi connectivity index (χ4v) is 5.04. The standard InChI is InChI=1S/C29H27ClN4O2S/c1-4-26(35)32-22-11-10-20(15-18(22)3)34-28(27(33-29(34)37)23-7-5-6-14-31-23)25-13-12-24(36-25)19-9-8-17(2)21(30)16-19/h5-16,27-28H,4H2,1-3H3,(H,32,35)(H,33,37). The molecule has 4 aromatic rings. The maximum atomic E-state index is 11.9. The number of hydrogen-bond donors (Lipinski definition) is 2. The average molecular weight is 531 g/mol. The molecular weight excluding hydrogens is 504 g/mol. The molecule has 0 saturated carbocycles. The van der Waals surface area contributed by atoms with Crippen LogP contribution in [0.15, 0.2) is 77.3 Å². The van der Waals surface area contributed by atoms with E-state index in [-0.39, 0.29) is 18.0 Å². The summed E-state index contributed by atoms with van der Waals surface area (Å²) in [7, 11) is 0. The number of halogens is 1. The second-order valence-corrected chi connectivity index (χ2v) is 9.86. The molecule has 8 heteroatoms. The highest BCUT2D eigenvalue weighted by atomic mass is 35.5. The fraction of sp³-hybridized carbons (Fsp3) is 0.207. The molecule has 188 valence electrons. The number of thiocarbonyl (C=S) groups is 1. The monoisotopic (exact) mass is 530 g/mol. The number of rotatable bonds is 6. The van der Waals surface area contributed by atoms with Crippen LogP contribution in [-0.2, 0) is 4.79 Å². The number of furan rings is 1. The molecule has 1 amide bonds. The number of anilines is 2. The topological polar surface area (TPSA) is 70.4 Å². The summed E-state index contributed by atoms with van der Waals surface area (Å²) in [6, 6.07) is 21.1. The van der Waals surface area contributed by atoms with Gasteiger partial charge in [-0.15, -0.1) is 0 Å². The number of hydrogen-bond acceptors (Lipinski definition) is 4. The zero-order valence-electron chi connectivity index (χ0n) is 20.8. The zero-order chi connectivity index (χ0) is 26.1. The summed E-state index contributed by atoms with van der Waals surface area (Å²) in [6.45, 7) is 5.78. The molecule has 0 radical (unpaired) electrons. The van der Waals surface area contributed by atoms with Gasteiger partial charge < -0.3 is 20.0 Å². The number of amides is 1. The van der Waals surface area contributed by atoms with Gasteiger partial charge in [-0.2, -0.15) is 0 Å². The highest BCUT2D eigenvalue weighted by Crippen LogP contribution is 2.43. The Morgan fingerprint density at radius 3 is 2.65 bits per heavy atom. The van der Waals surface area contributed by atoms with Gasteiger partial charge in [0.05, 0.1) is 11.7 Å². The van der Waals surface area contributed by atoms with Crippen LogP contribution in [0.4, 0.5) is 11.4 Å². The molecule has 1 fully saturated rings. The lowest BCUT2D eigenvalue weighted by atomic mass is 10.0. The molecule has 3 heterocycles. The summed E-state index contributed by atoms with van der Waals surface area (Å²) < 4.78 is 6.44. The predicted octanol–water partition coefficient (Wildman–Crippen LogP) is 7.14. The van der Waals surface area contributed by atoms with Gasteiger partial charge in [-0.25, -0.2) is 0 Å². The van der Waals surface area contributed by atoms with Crippen LogP contribution < -0.4 is 15.5 Å². The highest BCUT2D eigenvalue weighted by molar-refractivity contribution is 7.80. The Bertz CT molecular complexity index is 1470. The number of carbonyl (C=O) groups is 1. The molecule has 37 heavy (non-hydrogen) atoms. The van der Waals surface area contributed by atoms with Crippen molar-refractivity contribution in [3.05, 3.63) is 101 Å². The minimum atomic E-state index is -0.285. The zero-order valence-corrected chi connectivity index (χ0v) is 22.4. The number of benzene rings is 2. The fourth-order valence-electron chi connectivity index (χ4n) is 4.51. The van der Waals surface area contributed by atoms with E-state index < -0.39 is 0 Å². The van der Waals surface area contributed by atoms with Crippen molar-refractivity contribution in [1.82, 2.24) is 10.3 Å². The third kappa shape index (κ3) is 4.97. The first kappa shape index (κ1) is 25.0. The molecule has 6 nitrogen and oxygen atoms in total. The lowest BCUT2D eigenvalue weighted by Gasteiger charge is -2.26. The van der Waals surface area contributed by atoms with Gasteiger partial charge in [-0.05, 0) is 85.7 Å². The molecule has 5 rings (SSSR count). The van der Waals surface area contributed by atoms with Crippen LogP contribution >= 0.6 is 23.8 Å². The van der Waals surface area contributed by atoms with E-state index in [0.29, 0.717) is 16.6 Å². The van der Waals surface area contributed by atoms with Crippen molar-refractivity contribution in [3.8, 4) is 11.3 Å². The Balaban J connectivity index is 1.56. The Labute approximate surface area is 226 Å². The van der Waals surface area contributed by atoms with Gasteiger partial charge in [0.1, 0.15) is 17.6 Å². The van der Waals surface area contributed by atoms with Gasteiger partial charge in [-0.3, -0.25) is 9.78 Å². The van der Waals surface area contributed by atoms with Crippen molar-refractivity contribution in [3.63, 3.8) is 0 Å². The molecule has 1 saturated heterocycles. The van der Waals surface area contributed by atoms with Gasteiger partial charge >= 0.3 is 0 Å². The Hall–Kier alpha value is -3.68. The van der Waals surface area contributed by atoms with E-state index in [2.05, 4.69) is 20.5 Å². The Kier molecular flexibility index (Phi) is 7.00. The maximum absolute atomic E-state index is 11.9. The molecule has 2 aromatic heterocycles. The van der Waals surface area contributed by atoms with Crippen molar-refractivity contribution in [2.24, 2.45) is 0 Å². The van der Waals surface area contributed by atoms with Crippen LogP contribution in [0.1, 0.15) is 48.0 Å². The molecule has 0 spiro atoms. The minimum absolute atomic E-state index is 0.0263. The second-order valence-electron chi connectivity index (χ2n) is 9.06. The summed E-state index contributed by atoms with van der Waals surface area (Å²) in [4.78, 5) is 18.6. The summed E-state index contributed by atoms with van der Waals surface area (Å²) in [5, 5.41) is 7.67. The molecular formula is C29H27ClN4O2S. The second kappa shape index (κ2) is 10.4. The van der Waals surface area contributed by atoms with Crippen molar-refractivity contribution >= 4 is 46.2 Å². The van der Waals surface area contributed by atoms with Crippen molar-refractivity contribution in [2.45, 2.75) is 39.3 Å². The van der Waals surface area contributed by atoms with Gasteiger partial charge in [-0.1, -0.05) is 36.7 Å². The molecule has 2 N–H and O–H groups in total. The van der Waals surface area contributed by atoms with E-state index in [1.54, 1.807) is 6.20 Å². The van der Waals surface area contributed by atoms with Crippen LogP contribution in [0.2, 0.25) is 5.02 Å². The van der Waals surface area contributed by atoms with Gasteiger partial charge in [0, 0.05) is 34.6 Å². The van der Waals surface area contributed by atoms with Crippen molar-refractivity contribution in [2.75, 3.05) is 10.2 Å². The summed E-state index contributed by atoms with van der Waals surface area (Å²) >= 11 is 12.2. The van der Waals surface area contributed by atoms with E-state index in [1.165, 1.54) is 0 Å². The van der Waals surface area contributed by atoms with E-state index >= 15 is 0 Å². The van der Waals surface area contributed by atoms with Gasteiger partial charge in [0.25, 0.3) is 0 Å². The Morgan fingerprint density at radius 1 is 1.11 bits per heavy atom. The molecule has 1 aliphatic heterocycles. The lowest BCUT2D eigenvalue weighted by Crippen LogP contribution is -2.29.